The lowest BCUT2D eigenvalue weighted by Gasteiger charge is -2.32. The average molecular weight is 351 g/mol. The van der Waals surface area contributed by atoms with Crippen LogP contribution >= 0.6 is 0 Å². The van der Waals surface area contributed by atoms with E-state index in [1.165, 1.54) is 11.3 Å². The van der Waals surface area contributed by atoms with Gasteiger partial charge < -0.3 is 9.80 Å². The van der Waals surface area contributed by atoms with Gasteiger partial charge in [0.2, 0.25) is 0 Å². The van der Waals surface area contributed by atoms with Crippen LogP contribution in [0.1, 0.15) is 22.3 Å². The lowest BCUT2D eigenvalue weighted by Crippen LogP contribution is -2.52. The lowest BCUT2D eigenvalue weighted by molar-refractivity contribution is 0.0662. The third kappa shape index (κ3) is 3.57. The van der Waals surface area contributed by atoms with E-state index in [1.807, 2.05) is 17.1 Å². The zero-order valence-corrected chi connectivity index (χ0v) is 15.2. The number of para-hydroxylation sites is 1. The quantitative estimate of drug-likeness (QED) is 0.917. The van der Waals surface area contributed by atoms with Gasteiger partial charge in [-0.2, -0.15) is 0 Å². The highest BCUT2D eigenvalue weighted by molar-refractivity contribution is 5.93. The molecule has 3 heterocycles. The molecule has 1 aromatic carbocycles. The minimum atomic E-state index is -0.0901. The van der Waals surface area contributed by atoms with Crippen molar-refractivity contribution in [3.63, 3.8) is 0 Å². The highest BCUT2D eigenvalue weighted by Crippen LogP contribution is 2.32. The van der Waals surface area contributed by atoms with Crippen molar-refractivity contribution in [3.05, 3.63) is 53.7 Å². The first-order valence-electron chi connectivity index (χ1n) is 9.27. The van der Waals surface area contributed by atoms with Crippen LogP contribution in [-0.4, -0.2) is 60.6 Å². The molecule has 6 nitrogen and oxygen atoms in total. The van der Waals surface area contributed by atoms with Crippen molar-refractivity contribution < 1.29 is 4.79 Å². The molecule has 1 fully saturated rings. The Bertz CT molecular complexity index is 768. The van der Waals surface area contributed by atoms with E-state index in [1.54, 1.807) is 6.20 Å². The number of carbonyl (C=O) groups excluding carboxylic acids is 1. The molecule has 0 bridgehead atoms. The van der Waals surface area contributed by atoms with Gasteiger partial charge in [0.15, 0.2) is 0 Å². The number of likely N-dealkylation sites (N-methyl/N-ethyl adjacent to an activating group) is 1. The maximum absolute atomic E-state index is 12.5. The first-order chi connectivity index (χ1) is 12.7. The Morgan fingerprint density at radius 3 is 2.62 bits per heavy atom. The van der Waals surface area contributed by atoms with Crippen LogP contribution in [0.15, 0.2) is 42.6 Å². The molecule has 136 valence electrons. The zero-order valence-electron chi connectivity index (χ0n) is 15.2. The van der Waals surface area contributed by atoms with Crippen molar-refractivity contribution in [2.24, 2.45) is 0 Å². The van der Waals surface area contributed by atoms with E-state index in [-0.39, 0.29) is 5.91 Å². The maximum atomic E-state index is 12.5. The molecule has 1 N–H and O–H groups in total. The molecule has 0 saturated carbocycles. The molecule has 0 radical (unpaired) electrons. The van der Waals surface area contributed by atoms with E-state index in [9.17, 15) is 4.79 Å². The Balaban J connectivity index is 1.45. The lowest BCUT2D eigenvalue weighted by atomic mass is 10.0. The fourth-order valence-electron chi connectivity index (χ4n) is 3.58. The highest BCUT2D eigenvalue weighted by atomic mass is 16.2. The number of aromatic nitrogens is 1. The van der Waals surface area contributed by atoms with Crippen LogP contribution in [0.25, 0.3) is 0 Å². The Hall–Kier alpha value is -2.44. The minimum absolute atomic E-state index is 0.0901. The van der Waals surface area contributed by atoms with E-state index in [0.717, 1.165) is 51.4 Å². The number of pyridine rings is 1. The third-order valence-electron chi connectivity index (χ3n) is 5.16. The average Bonchev–Trinajstić information content (AvgIpc) is 2.69. The Kier molecular flexibility index (Phi) is 4.86. The number of nitrogens with one attached hydrogen (secondary N) is 1. The van der Waals surface area contributed by atoms with Crippen LogP contribution in [0.3, 0.4) is 0 Å². The molecule has 0 aliphatic carbocycles. The van der Waals surface area contributed by atoms with E-state index in [0.29, 0.717) is 5.56 Å². The van der Waals surface area contributed by atoms with Crippen molar-refractivity contribution in [2.45, 2.75) is 12.8 Å². The summed E-state index contributed by atoms with van der Waals surface area (Å²) in [4.78, 5) is 21.5. The largest absolute Gasteiger partial charge is 0.326 e. The van der Waals surface area contributed by atoms with Gasteiger partial charge in [-0.25, -0.2) is 9.99 Å². The highest BCUT2D eigenvalue weighted by Gasteiger charge is 2.20. The van der Waals surface area contributed by atoms with Crippen LogP contribution in [0, 0.1) is 0 Å². The van der Waals surface area contributed by atoms with Crippen molar-refractivity contribution in [3.8, 4) is 0 Å². The zero-order chi connectivity index (χ0) is 17.9. The van der Waals surface area contributed by atoms with Gasteiger partial charge in [0, 0.05) is 44.6 Å². The van der Waals surface area contributed by atoms with Gasteiger partial charge in [-0.1, -0.05) is 18.2 Å². The van der Waals surface area contributed by atoms with Crippen molar-refractivity contribution in [2.75, 3.05) is 44.7 Å². The standard InChI is InChI=1S/C20H25N5O/c1-23-11-13-24(14-12-23)22-20(26)17-8-9-19(21-15-17)25-10-4-6-16-5-2-3-7-18(16)25/h2-3,5,7-9,15H,4,6,10-14H2,1H3,(H,22,26). The number of nitrogens with zero attached hydrogens (tertiary/aromatic N) is 4. The molecular weight excluding hydrogens is 326 g/mol. The van der Waals surface area contributed by atoms with Gasteiger partial charge >= 0.3 is 0 Å². The number of fused-ring (bicyclic) bond motifs is 1. The first kappa shape index (κ1) is 17.0. The predicted molar refractivity (Wildman–Crippen MR) is 103 cm³/mol. The molecule has 1 amide bonds. The van der Waals surface area contributed by atoms with Gasteiger partial charge in [0.25, 0.3) is 5.91 Å². The summed E-state index contributed by atoms with van der Waals surface area (Å²) in [6.45, 7) is 4.57. The van der Waals surface area contributed by atoms with E-state index < -0.39 is 0 Å². The monoisotopic (exact) mass is 351 g/mol. The number of anilines is 2. The molecule has 1 aromatic heterocycles. The Morgan fingerprint density at radius 1 is 1.04 bits per heavy atom. The number of rotatable bonds is 3. The molecule has 2 aliphatic heterocycles. The SMILES string of the molecule is CN1CCN(NC(=O)c2ccc(N3CCCc4ccccc43)nc2)CC1. The first-order valence-corrected chi connectivity index (χ1v) is 9.27. The fourth-order valence-corrected chi connectivity index (χ4v) is 3.58. The molecule has 1 saturated heterocycles. The summed E-state index contributed by atoms with van der Waals surface area (Å²) in [5.74, 6) is 0.806. The summed E-state index contributed by atoms with van der Waals surface area (Å²) in [6, 6.07) is 12.3. The number of hydrogen-bond donors (Lipinski definition) is 1. The van der Waals surface area contributed by atoms with Crippen LogP contribution in [-0.2, 0) is 6.42 Å². The van der Waals surface area contributed by atoms with E-state index in [4.69, 9.17) is 0 Å². The molecule has 26 heavy (non-hydrogen) atoms. The molecule has 0 atom stereocenters. The second-order valence-corrected chi connectivity index (χ2v) is 7.02. The number of hydrogen-bond acceptors (Lipinski definition) is 5. The predicted octanol–water partition coefficient (Wildman–Crippen LogP) is 2.06. The smallest absolute Gasteiger partial charge is 0.267 e. The summed E-state index contributed by atoms with van der Waals surface area (Å²) in [5, 5.41) is 1.98. The maximum Gasteiger partial charge on any atom is 0.267 e. The molecule has 0 unspecified atom stereocenters. The van der Waals surface area contributed by atoms with E-state index in [2.05, 4.69) is 51.5 Å². The summed E-state index contributed by atoms with van der Waals surface area (Å²) in [6.07, 6.45) is 3.90. The van der Waals surface area contributed by atoms with Crippen LogP contribution < -0.4 is 10.3 Å². The number of benzene rings is 1. The molecular formula is C20H25N5O. The molecule has 2 aliphatic rings. The van der Waals surface area contributed by atoms with Crippen molar-refractivity contribution >= 4 is 17.4 Å². The molecule has 2 aromatic rings. The Labute approximate surface area is 154 Å². The van der Waals surface area contributed by atoms with Crippen LogP contribution in [0.5, 0.6) is 0 Å². The normalized spacial score (nSPS) is 18.4. The summed E-state index contributed by atoms with van der Waals surface area (Å²) in [5.41, 5.74) is 6.16. The second-order valence-electron chi connectivity index (χ2n) is 7.02. The fraction of sp³-hybridized carbons (Fsp3) is 0.400. The summed E-state index contributed by atoms with van der Waals surface area (Å²) < 4.78 is 0. The van der Waals surface area contributed by atoms with E-state index >= 15 is 0 Å². The molecule has 0 spiro atoms. The molecule has 6 heteroatoms. The van der Waals surface area contributed by atoms with Crippen LogP contribution in [0.2, 0.25) is 0 Å². The molecule has 4 rings (SSSR count). The van der Waals surface area contributed by atoms with Gasteiger partial charge in [-0.05, 0) is 43.7 Å². The number of amides is 1. The second kappa shape index (κ2) is 7.43. The van der Waals surface area contributed by atoms with Gasteiger partial charge in [-0.3, -0.25) is 10.2 Å². The summed E-state index contributed by atoms with van der Waals surface area (Å²) >= 11 is 0. The number of piperazine rings is 1. The number of aryl methyl sites for hydroxylation is 1. The summed E-state index contributed by atoms with van der Waals surface area (Å²) in [7, 11) is 2.10. The van der Waals surface area contributed by atoms with Gasteiger partial charge in [-0.15, -0.1) is 0 Å². The van der Waals surface area contributed by atoms with Crippen molar-refractivity contribution in [1.29, 1.82) is 0 Å². The number of hydrazine groups is 1. The van der Waals surface area contributed by atoms with Crippen molar-refractivity contribution in [1.82, 2.24) is 20.3 Å². The van der Waals surface area contributed by atoms with Crippen LogP contribution in [0.4, 0.5) is 11.5 Å². The third-order valence-corrected chi connectivity index (χ3v) is 5.16. The Morgan fingerprint density at radius 2 is 1.85 bits per heavy atom. The van der Waals surface area contributed by atoms with Gasteiger partial charge in [0.05, 0.1) is 5.56 Å². The topological polar surface area (TPSA) is 51.7 Å². The van der Waals surface area contributed by atoms with Gasteiger partial charge in [0.1, 0.15) is 5.82 Å². The number of carbonyl (C=O) groups is 1. The minimum Gasteiger partial charge on any atom is -0.326 e.